The molecule has 2 aromatic heterocycles. The standard InChI is InChI=1S/C22H26N6O2/c1-29-18-7-3-2-6-17(18)22-25-21(26-30-22)16-8-12-28(13-9-16)20-14-19(23-15-24-20)27-10-4-5-11-27/h2-3,6-7,14-16H,4-5,8-13H2,1H3. The van der Waals surface area contributed by atoms with Crippen LogP contribution < -0.4 is 14.5 Å². The van der Waals surface area contributed by atoms with Crippen molar-refractivity contribution in [3.63, 3.8) is 0 Å². The van der Waals surface area contributed by atoms with Gasteiger partial charge in [-0.05, 0) is 37.8 Å². The molecule has 3 aromatic rings. The van der Waals surface area contributed by atoms with Crippen LogP contribution in [0.5, 0.6) is 5.75 Å². The van der Waals surface area contributed by atoms with Gasteiger partial charge in [0.2, 0.25) is 0 Å². The summed E-state index contributed by atoms with van der Waals surface area (Å²) in [6.45, 7) is 4.01. The van der Waals surface area contributed by atoms with Gasteiger partial charge in [-0.15, -0.1) is 0 Å². The smallest absolute Gasteiger partial charge is 0.261 e. The molecule has 8 nitrogen and oxygen atoms in total. The third kappa shape index (κ3) is 3.69. The lowest BCUT2D eigenvalue weighted by atomic mass is 9.96. The van der Waals surface area contributed by atoms with Gasteiger partial charge in [-0.1, -0.05) is 17.3 Å². The predicted octanol–water partition coefficient (Wildman–Crippen LogP) is 3.52. The molecule has 2 aliphatic rings. The molecule has 8 heteroatoms. The number of para-hydroxylation sites is 1. The van der Waals surface area contributed by atoms with Crippen molar-refractivity contribution in [2.75, 3.05) is 43.1 Å². The van der Waals surface area contributed by atoms with Crippen LogP contribution in [-0.2, 0) is 0 Å². The average Bonchev–Trinajstić information content (AvgIpc) is 3.52. The molecular weight excluding hydrogens is 380 g/mol. The lowest BCUT2D eigenvalue weighted by molar-refractivity contribution is 0.393. The van der Waals surface area contributed by atoms with E-state index in [9.17, 15) is 0 Å². The Morgan fingerprint density at radius 1 is 0.967 bits per heavy atom. The van der Waals surface area contributed by atoms with E-state index in [2.05, 4.69) is 36.0 Å². The summed E-state index contributed by atoms with van der Waals surface area (Å²) < 4.78 is 11.0. The second-order valence-corrected chi connectivity index (χ2v) is 7.85. The van der Waals surface area contributed by atoms with Crippen molar-refractivity contribution in [3.8, 4) is 17.2 Å². The zero-order chi connectivity index (χ0) is 20.3. The molecular formula is C22H26N6O2. The summed E-state index contributed by atoms with van der Waals surface area (Å²) in [5, 5.41) is 4.26. The SMILES string of the molecule is COc1ccccc1-c1nc(C2CCN(c3cc(N4CCCC4)ncn3)CC2)no1. The van der Waals surface area contributed by atoms with Gasteiger partial charge in [-0.2, -0.15) is 4.98 Å². The fourth-order valence-electron chi connectivity index (χ4n) is 4.33. The van der Waals surface area contributed by atoms with E-state index >= 15 is 0 Å². The summed E-state index contributed by atoms with van der Waals surface area (Å²) in [5.41, 5.74) is 0.826. The lowest BCUT2D eigenvalue weighted by Crippen LogP contribution is -2.34. The molecule has 0 aliphatic carbocycles. The number of methoxy groups -OCH3 is 1. The Kier molecular flexibility index (Phi) is 5.21. The molecule has 2 saturated heterocycles. The maximum Gasteiger partial charge on any atom is 0.261 e. The molecule has 30 heavy (non-hydrogen) atoms. The molecule has 0 unspecified atom stereocenters. The van der Waals surface area contributed by atoms with E-state index in [1.54, 1.807) is 13.4 Å². The molecule has 2 aliphatic heterocycles. The molecule has 5 rings (SSSR count). The highest BCUT2D eigenvalue weighted by molar-refractivity contribution is 5.62. The van der Waals surface area contributed by atoms with Crippen LogP contribution in [0.1, 0.15) is 37.4 Å². The molecule has 0 atom stereocenters. The van der Waals surface area contributed by atoms with Crippen LogP contribution >= 0.6 is 0 Å². The largest absolute Gasteiger partial charge is 0.496 e. The highest BCUT2D eigenvalue weighted by Crippen LogP contribution is 2.33. The molecule has 0 bridgehead atoms. The van der Waals surface area contributed by atoms with Crippen LogP contribution in [0.25, 0.3) is 11.5 Å². The van der Waals surface area contributed by atoms with Gasteiger partial charge in [-0.25, -0.2) is 9.97 Å². The Morgan fingerprint density at radius 3 is 2.40 bits per heavy atom. The molecule has 0 saturated carbocycles. The minimum Gasteiger partial charge on any atom is -0.496 e. The minimum atomic E-state index is 0.286. The highest BCUT2D eigenvalue weighted by Gasteiger charge is 2.26. The van der Waals surface area contributed by atoms with Gasteiger partial charge in [0.25, 0.3) is 5.89 Å². The van der Waals surface area contributed by atoms with E-state index < -0.39 is 0 Å². The van der Waals surface area contributed by atoms with Gasteiger partial charge in [0.05, 0.1) is 12.7 Å². The van der Waals surface area contributed by atoms with Crippen molar-refractivity contribution < 1.29 is 9.26 Å². The van der Waals surface area contributed by atoms with Gasteiger partial charge in [-0.3, -0.25) is 0 Å². The monoisotopic (exact) mass is 406 g/mol. The fraction of sp³-hybridized carbons (Fsp3) is 0.455. The summed E-state index contributed by atoms with van der Waals surface area (Å²) in [6, 6.07) is 9.83. The Hall–Kier alpha value is -3.16. The summed E-state index contributed by atoms with van der Waals surface area (Å²) >= 11 is 0. The van der Waals surface area contributed by atoms with Crippen molar-refractivity contribution in [2.24, 2.45) is 0 Å². The van der Waals surface area contributed by atoms with Crippen molar-refractivity contribution in [1.82, 2.24) is 20.1 Å². The molecule has 0 N–H and O–H groups in total. The Balaban J connectivity index is 1.26. The number of ether oxygens (including phenoxy) is 1. The molecule has 2 fully saturated rings. The summed E-state index contributed by atoms with van der Waals surface area (Å²) in [6.07, 6.45) is 6.11. The van der Waals surface area contributed by atoms with E-state index in [4.69, 9.17) is 9.26 Å². The molecule has 0 spiro atoms. The maximum atomic E-state index is 5.55. The van der Waals surface area contributed by atoms with E-state index in [0.717, 1.165) is 67.8 Å². The van der Waals surface area contributed by atoms with Crippen LogP contribution in [-0.4, -0.2) is 53.4 Å². The third-order valence-electron chi connectivity index (χ3n) is 6.03. The van der Waals surface area contributed by atoms with Crippen LogP contribution in [0.4, 0.5) is 11.6 Å². The number of nitrogens with zero attached hydrogens (tertiary/aromatic N) is 6. The molecule has 1 aromatic carbocycles. The van der Waals surface area contributed by atoms with E-state index in [-0.39, 0.29) is 5.92 Å². The van der Waals surface area contributed by atoms with Crippen LogP contribution in [0.15, 0.2) is 41.2 Å². The van der Waals surface area contributed by atoms with Crippen LogP contribution in [0.3, 0.4) is 0 Å². The van der Waals surface area contributed by atoms with Crippen molar-refractivity contribution in [3.05, 3.63) is 42.5 Å². The van der Waals surface area contributed by atoms with E-state index in [1.807, 2.05) is 24.3 Å². The van der Waals surface area contributed by atoms with Crippen molar-refractivity contribution in [1.29, 1.82) is 0 Å². The first-order chi connectivity index (χ1) is 14.8. The number of anilines is 2. The van der Waals surface area contributed by atoms with E-state index in [1.165, 1.54) is 12.8 Å². The van der Waals surface area contributed by atoms with E-state index in [0.29, 0.717) is 5.89 Å². The first kappa shape index (κ1) is 18.8. The van der Waals surface area contributed by atoms with Gasteiger partial charge in [0, 0.05) is 38.2 Å². The number of rotatable bonds is 5. The zero-order valence-electron chi connectivity index (χ0n) is 17.2. The van der Waals surface area contributed by atoms with Gasteiger partial charge in [0.1, 0.15) is 23.7 Å². The first-order valence-electron chi connectivity index (χ1n) is 10.6. The normalized spacial score (nSPS) is 17.5. The number of hydrogen-bond donors (Lipinski definition) is 0. The number of hydrogen-bond acceptors (Lipinski definition) is 8. The van der Waals surface area contributed by atoms with Crippen molar-refractivity contribution >= 4 is 11.6 Å². The molecule has 156 valence electrons. The topological polar surface area (TPSA) is 80.4 Å². The van der Waals surface area contributed by atoms with Crippen molar-refractivity contribution in [2.45, 2.75) is 31.6 Å². The lowest BCUT2D eigenvalue weighted by Gasteiger charge is -2.31. The van der Waals surface area contributed by atoms with Gasteiger partial charge < -0.3 is 19.1 Å². The third-order valence-corrected chi connectivity index (χ3v) is 6.03. The molecule has 0 amide bonds. The quantitative estimate of drug-likeness (QED) is 0.637. The Bertz CT molecular complexity index is 993. The number of piperidine rings is 1. The molecule has 0 radical (unpaired) electrons. The summed E-state index contributed by atoms with van der Waals surface area (Å²) in [5.74, 6) is 4.35. The zero-order valence-corrected chi connectivity index (χ0v) is 17.2. The number of benzene rings is 1. The summed E-state index contributed by atoms with van der Waals surface area (Å²) in [4.78, 5) is 18.3. The minimum absolute atomic E-state index is 0.286. The Labute approximate surface area is 175 Å². The van der Waals surface area contributed by atoms with Crippen LogP contribution in [0.2, 0.25) is 0 Å². The van der Waals surface area contributed by atoms with Gasteiger partial charge in [0.15, 0.2) is 5.82 Å². The average molecular weight is 406 g/mol. The first-order valence-corrected chi connectivity index (χ1v) is 10.6. The van der Waals surface area contributed by atoms with Gasteiger partial charge >= 0.3 is 0 Å². The number of aromatic nitrogens is 4. The maximum absolute atomic E-state index is 5.55. The fourth-order valence-corrected chi connectivity index (χ4v) is 4.33. The second-order valence-electron chi connectivity index (χ2n) is 7.85. The molecule has 4 heterocycles. The van der Waals surface area contributed by atoms with Crippen LogP contribution in [0, 0.1) is 0 Å². The Morgan fingerprint density at radius 2 is 1.67 bits per heavy atom. The highest BCUT2D eigenvalue weighted by atomic mass is 16.5. The summed E-state index contributed by atoms with van der Waals surface area (Å²) in [7, 11) is 1.65. The second kappa shape index (κ2) is 8.30. The predicted molar refractivity (Wildman–Crippen MR) is 114 cm³/mol.